The zero-order valence-electron chi connectivity index (χ0n) is 8.47. The van der Waals surface area contributed by atoms with E-state index in [1.165, 1.54) is 0 Å². The number of aliphatic hydroxyl groups excluding tert-OH is 1. The van der Waals surface area contributed by atoms with Gasteiger partial charge in [-0.25, -0.2) is 0 Å². The van der Waals surface area contributed by atoms with E-state index in [9.17, 15) is 9.90 Å². The number of carbonyl (C=O) groups is 1. The summed E-state index contributed by atoms with van der Waals surface area (Å²) in [5.74, 6) is 0.122. The van der Waals surface area contributed by atoms with Gasteiger partial charge in [-0.2, -0.15) is 0 Å². The van der Waals surface area contributed by atoms with Crippen LogP contribution in [0.4, 0.5) is 0 Å². The number of rotatable bonds is 2. The van der Waals surface area contributed by atoms with Crippen molar-refractivity contribution in [3.05, 3.63) is 30.1 Å². The first-order valence-electron chi connectivity index (χ1n) is 5.10. The Hall–Kier alpha value is -1.42. The quantitative estimate of drug-likeness (QED) is 0.769. The van der Waals surface area contributed by atoms with E-state index in [4.69, 9.17) is 0 Å². The van der Waals surface area contributed by atoms with Gasteiger partial charge in [0, 0.05) is 31.9 Å². The highest BCUT2D eigenvalue weighted by molar-refractivity contribution is 5.77. The topological polar surface area (TPSA) is 53.4 Å². The van der Waals surface area contributed by atoms with E-state index < -0.39 is 0 Å². The van der Waals surface area contributed by atoms with Crippen molar-refractivity contribution in [2.45, 2.75) is 25.5 Å². The molecule has 1 aliphatic rings. The van der Waals surface area contributed by atoms with E-state index in [1.54, 1.807) is 17.3 Å². The maximum atomic E-state index is 11.5. The van der Waals surface area contributed by atoms with Crippen molar-refractivity contribution in [3.63, 3.8) is 0 Å². The molecule has 1 unspecified atom stereocenters. The molecule has 1 N–H and O–H groups in total. The number of pyridine rings is 1. The molecule has 1 amide bonds. The van der Waals surface area contributed by atoms with Gasteiger partial charge in [0.2, 0.25) is 5.91 Å². The average Bonchev–Trinajstić information content (AvgIpc) is 2.25. The van der Waals surface area contributed by atoms with E-state index in [2.05, 4.69) is 4.98 Å². The lowest BCUT2D eigenvalue weighted by Crippen LogP contribution is -2.41. The minimum absolute atomic E-state index is 0.122. The van der Waals surface area contributed by atoms with E-state index >= 15 is 0 Å². The molecule has 0 spiro atoms. The van der Waals surface area contributed by atoms with Crippen LogP contribution in [-0.4, -0.2) is 33.5 Å². The van der Waals surface area contributed by atoms with Crippen LogP contribution in [0, 0.1) is 0 Å². The number of nitrogens with zero attached hydrogens (tertiary/aromatic N) is 2. The van der Waals surface area contributed by atoms with Crippen LogP contribution in [-0.2, 0) is 11.3 Å². The molecule has 2 rings (SSSR count). The zero-order valence-corrected chi connectivity index (χ0v) is 8.47. The van der Waals surface area contributed by atoms with Crippen molar-refractivity contribution < 1.29 is 9.90 Å². The summed E-state index contributed by atoms with van der Waals surface area (Å²) in [4.78, 5) is 17.2. The molecule has 0 saturated carbocycles. The van der Waals surface area contributed by atoms with Gasteiger partial charge in [0.25, 0.3) is 0 Å². The van der Waals surface area contributed by atoms with Crippen LogP contribution in [0.5, 0.6) is 0 Å². The smallest absolute Gasteiger partial charge is 0.223 e. The second-order valence-electron chi connectivity index (χ2n) is 3.82. The summed E-state index contributed by atoms with van der Waals surface area (Å²) in [5.41, 5.74) is 1.05. The second kappa shape index (κ2) is 4.40. The third-order valence-electron chi connectivity index (χ3n) is 2.60. The summed E-state index contributed by atoms with van der Waals surface area (Å²) in [7, 11) is 0. The summed E-state index contributed by atoms with van der Waals surface area (Å²) in [6, 6.07) is 3.77. The molecule has 1 fully saturated rings. The number of piperidine rings is 1. The monoisotopic (exact) mass is 206 g/mol. The maximum absolute atomic E-state index is 11.5. The van der Waals surface area contributed by atoms with E-state index in [0.29, 0.717) is 25.9 Å². The zero-order chi connectivity index (χ0) is 10.7. The van der Waals surface area contributed by atoms with Crippen molar-refractivity contribution >= 4 is 5.91 Å². The summed E-state index contributed by atoms with van der Waals surface area (Å²) < 4.78 is 0. The fraction of sp³-hybridized carbons (Fsp3) is 0.455. The van der Waals surface area contributed by atoms with Crippen LogP contribution in [0.25, 0.3) is 0 Å². The van der Waals surface area contributed by atoms with Gasteiger partial charge < -0.3 is 10.0 Å². The van der Waals surface area contributed by atoms with E-state index in [1.807, 2.05) is 12.1 Å². The summed E-state index contributed by atoms with van der Waals surface area (Å²) in [6.07, 6.45) is 4.09. The standard InChI is InChI=1S/C11H14N2O2/c14-10-1-2-11(15)13(8-10)7-9-3-5-12-6-4-9/h3-6,10,14H,1-2,7-8H2. The molecule has 1 aliphatic heterocycles. The molecule has 4 heteroatoms. The van der Waals surface area contributed by atoms with Crippen LogP contribution < -0.4 is 0 Å². The van der Waals surface area contributed by atoms with Gasteiger partial charge in [0.1, 0.15) is 0 Å². The van der Waals surface area contributed by atoms with Gasteiger partial charge in [-0.15, -0.1) is 0 Å². The third-order valence-corrected chi connectivity index (χ3v) is 2.60. The van der Waals surface area contributed by atoms with Gasteiger partial charge in [-0.05, 0) is 24.1 Å². The van der Waals surface area contributed by atoms with Gasteiger partial charge in [0.05, 0.1) is 6.10 Å². The normalized spacial score (nSPS) is 21.8. The first-order chi connectivity index (χ1) is 7.25. The van der Waals surface area contributed by atoms with Crippen molar-refractivity contribution in [2.24, 2.45) is 0 Å². The molecule has 2 heterocycles. The van der Waals surface area contributed by atoms with E-state index in [-0.39, 0.29) is 12.0 Å². The number of hydrogen-bond donors (Lipinski definition) is 1. The van der Waals surface area contributed by atoms with Crippen LogP contribution in [0.15, 0.2) is 24.5 Å². The Morgan fingerprint density at radius 2 is 2.20 bits per heavy atom. The van der Waals surface area contributed by atoms with Crippen LogP contribution in [0.1, 0.15) is 18.4 Å². The molecule has 0 aliphatic carbocycles. The largest absolute Gasteiger partial charge is 0.391 e. The maximum Gasteiger partial charge on any atom is 0.223 e. The predicted molar refractivity (Wildman–Crippen MR) is 54.9 cm³/mol. The number of amides is 1. The summed E-state index contributed by atoms with van der Waals surface area (Å²) >= 11 is 0. The third kappa shape index (κ3) is 2.53. The molecule has 15 heavy (non-hydrogen) atoms. The lowest BCUT2D eigenvalue weighted by atomic mass is 10.1. The van der Waals surface area contributed by atoms with Crippen molar-refractivity contribution in [1.29, 1.82) is 0 Å². The number of β-amino-alcohol motifs (C(OH)–C–C–N with tert-alkyl or cyclic N) is 1. The predicted octanol–water partition coefficient (Wildman–Crippen LogP) is 0.565. The van der Waals surface area contributed by atoms with Crippen molar-refractivity contribution in [2.75, 3.05) is 6.54 Å². The van der Waals surface area contributed by atoms with Gasteiger partial charge in [-0.3, -0.25) is 9.78 Å². The number of hydrogen-bond acceptors (Lipinski definition) is 3. The molecule has 1 atom stereocenters. The number of carbonyl (C=O) groups excluding carboxylic acids is 1. The van der Waals surface area contributed by atoms with Crippen LogP contribution >= 0.6 is 0 Å². The molecule has 0 bridgehead atoms. The minimum atomic E-state index is -0.371. The van der Waals surface area contributed by atoms with Crippen molar-refractivity contribution in [1.82, 2.24) is 9.88 Å². The number of likely N-dealkylation sites (tertiary alicyclic amines) is 1. The highest BCUT2D eigenvalue weighted by atomic mass is 16.3. The first-order valence-corrected chi connectivity index (χ1v) is 5.10. The van der Waals surface area contributed by atoms with Gasteiger partial charge in [0.15, 0.2) is 0 Å². The molecule has 1 aromatic heterocycles. The average molecular weight is 206 g/mol. The molecule has 0 radical (unpaired) electrons. The highest BCUT2D eigenvalue weighted by Crippen LogP contribution is 2.14. The Labute approximate surface area is 88.6 Å². The molecule has 1 aromatic rings. The number of aromatic nitrogens is 1. The Morgan fingerprint density at radius 1 is 1.47 bits per heavy atom. The second-order valence-corrected chi connectivity index (χ2v) is 3.82. The highest BCUT2D eigenvalue weighted by Gasteiger charge is 2.23. The fourth-order valence-corrected chi connectivity index (χ4v) is 1.76. The molecular weight excluding hydrogens is 192 g/mol. The molecule has 4 nitrogen and oxygen atoms in total. The molecule has 1 saturated heterocycles. The number of aliphatic hydroxyl groups is 1. The molecule has 0 aromatic carbocycles. The lowest BCUT2D eigenvalue weighted by Gasteiger charge is -2.30. The van der Waals surface area contributed by atoms with Crippen molar-refractivity contribution in [3.8, 4) is 0 Å². The molecular formula is C11H14N2O2. The first kappa shape index (κ1) is 10.1. The Morgan fingerprint density at radius 3 is 2.93 bits per heavy atom. The minimum Gasteiger partial charge on any atom is -0.391 e. The van der Waals surface area contributed by atoms with Gasteiger partial charge in [-0.1, -0.05) is 0 Å². The Bertz CT molecular complexity index is 340. The van der Waals surface area contributed by atoms with Crippen LogP contribution in [0.2, 0.25) is 0 Å². The molecule has 80 valence electrons. The summed E-state index contributed by atoms with van der Waals surface area (Å²) in [5, 5.41) is 9.47. The van der Waals surface area contributed by atoms with Crippen LogP contribution in [0.3, 0.4) is 0 Å². The fourth-order valence-electron chi connectivity index (χ4n) is 1.76. The SMILES string of the molecule is O=C1CCC(O)CN1Cc1ccncc1. The Balaban J connectivity index is 2.01. The van der Waals surface area contributed by atoms with Gasteiger partial charge >= 0.3 is 0 Å². The lowest BCUT2D eigenvalue weighted by molar-refractivity contribution is -0.137. The Kier molecular flexibility index (Phi) is 2.97. The van der Waals surface area contributed by atoms with E-state index in [0.717, 1.165) is 5.56 Å². The summed E-state index contributed by atoms with van der Waals surface area (Å²) in [6.45, 7) is 1.01.